The summed E-state index contributed by atoms with van der Waals surface area (Å²) in [6, 6.07) is 5.97. The topological polar surface area (TPSA) is 35.5 Å². The molecule has 0 saturated carbocycles. The standard InChI is InChI=1S/C18H28O3/c1-7-10-20-16-9-8-14(11-15(16)18(4,5)6)12-17(19)21-13(2)3/h8-9,11,13H,7,10,12H2,1-6H3. The van der Waals surface area contributed by atoms with Crippen LogP contribution in [0.2, 0.25) is 0 Å². The van der Waals surface area contributed by atoms with Crippen LogP contribution in [0.3, 0.4) is 0 Å². The summed E-state index contributed by atoms with van der Waals surface area (Å²) in [6.45, 7) is 13.0. The molecule has 118 valence electrons. The van der Waals surface area contributed by atoms with Gasteiger partial charge >= 0.3 is 5.97 Å². The maximum absolute atomic E-state index is 11.8. The van der Waals surface area contributed by atoms with Gasteiger partial charge in [0.1, 0.15) is 5.75 Å². The quantitative estimate of drug-likeness (QED) is 0.735. The Kier molecular flexibility index (Phi) is 6.25. The van der Waals surface area contributed by atoms with Gasteiger partial charge in [-0.1, -0.05) is 39.8 Å². The maximum Gasteiger partial charge on any atom is 0.310 e. The molecule has 0 aromatic heterocycles. The zero-order valence-corrected chi connectivity index (χ0v) is 14.2. The molecule has 0 atom stereocenters. The molecular weight excluding hydrogens is 264 g/mol. The number of carbonyl (C=O) groups excluding carboxylic acids is 1. The van der Waals surface area contributed by atoms with Crippen LogP contribution in [0, 0.1) is 0 Å². The molecule has 0 aliphatic carbocycles. The molecule has 3 heteroatoms. The molecular formula is C18H28O3. The van der Waals surface area contributed by atoms with E-state index in [1.807, 2.05) is 26.0 Å². The largest absolute Gasteiger partial charge is 0.493 e. The van der Waals surface area contributed by atoms with Crippen molar-refractivity contribution in [1.29, 1.82) is 0 Å². The van der Waals surface area contributed by atoms with Crippen molar-refractivity contribution in [2.24, 2.45) is 0 Å². The first-order chi connectivity index (χ1) is 9.74. The molecule has 1 rings (SSSR count). The van der Waals surface area contributed by atoms with Gasteiger partial charge in [0, 0.05) is 0 Å². The van der Waals surface area contributed by atoms with E-state index < -0.39 is 0 Å². The highest BCUT2D eigenvalue weighted by atomic mass is 16.5. The van der Waals surface area contributed by atoms with Gasteiger partial charge in [-0.25, -0.2) is 0 Å². The van der Waals surface area contributed by atoms with Crippen LogP contribution in [0.15, 0.2) is 18.2 Å². The van der Waals surface area contributed by atoms with Crippen LogP contribution in [0.1, 0.15) is 59.1 Å². The molecule has 21 heavy (non-hydrogen) atoms. The van der Waals surface area contributed by atoms with Crippen LogP contribution in [-0.4, -0.2) is 18.7 Å². The van der Waals surface area contributed by atoms with E-state index in [9.17, 15) is 4.79 Å². The SMILES string of the molecule is CCCOc1ccc(CC(=O)OC(C)C)cc1C(C)(C)C. The molecule has 0 bridgehead atoms. The Morgan fingerprint density at radius 3 is 2.43 bits per heavy atom. The van der Waals surface area contributed by atoms with Crippen LogP contribution >= 0.6 is 0 Å². The molecule has 3 nitrogen and oxygen atoms in total. The summed E-state index contributed by atoms with van der Waals surface area (Å²) in [5, 5.41) is 0. The molecule has 0 spiro atoms. The molecule has 0 amide bonds. The van der Waals surface area contributed by atoms with Crippen LogP contribution < -0.4 is 4.74 Å². The molecule has 0 heterocycles. The lowest BCUT2D eigenvalue weighted by Gasteiger charge is -2.23. The summed E-state index contributed by atoms with van der Waals surface area (Å²) >= 11 is 0. The molecule has 1 aromatic rings. The number of ether oxygens (including phenoxy) is 2. The van der Waals surface area contributed by atoms with Crippen LogP contribution in [0.4, 0.5) is 0 Å². The molecule has 0 radical (unpaired) electrons. The van der Waals surface area contributed by atoms with Crippen LogP contribution in [0.25, 0.3) is 0 Å². The van der Waals surface area contributed by atoms with Gasteiger partial charge in [0.15, 0.2) is 0 Å². The number of rotatable bonds is 6. The van der Waals surface area contributed by atoms with E-state index in [4.69, 9.17) is 9.47 Å². The van der Waals surface area contributed by atoms with Gasteiger partial charge < -0.3 is 9.47 Å². The normalized spacial score (nSPS) is 11.6. The van der Waals surface area contributed by atoms with Gasteiger partial charge in [-0.15, -0.1) is 0 Å². The molecule has 0 fully saturated rings. The van der Waals surface area contributed by atoms with Crippen molar-refractivity contribution in [1.82, 2.24) is 0 Å². The minimum Gasteiger partial charge on any atom is -0.493 e. The van der Waals surface area contributed by atoms with Gasteiger partial charge in [-0.05, 0) is 42.9 Å². The van der Waals surface area contributed by atoms with Crippen molar-refractivity contribution in [3.63, 3.8) is 0 Å². The van der Waals surface area contributed by atoms with Gasteiger partial charge in [0.2, 0.25) is 0 Å². The second kappa shape index (κ2) is 7.48. The van der Waals surface area contributed by atoms with Crippen molar-refractivity contribution in [3.05, 3.63) is 29.3 Å². The maximum atomic E-state index is 11.8. The average Bonchev–Trinajstić information content (AvgIpc) is 2.35. The van der Waals surface area contributed by atoms with E-state index in [1.165, 1.54) is 0 Å². The van der Waals surface area contributed by atoms with Crippen molar-refractivity contribution in [3.8, 4) is 5.75 Å². The van der Waals surface area contributed by atoms with E-state index in [1.54, 1.807) is 0 Å². The fraction of sp³-hybridized carbons (Fsp3) is 0.611. The Morgan fingerprint density at radius 1 is 1.24 bits per heavy atom. The third kappa shape index (κ3) is 5.78. The summed E-state index contributed by atoms with van der Waals surface area (Å²) in [5.41, 5.74) is 2.07. The fourth-order valence-electron chi connectivity index (χ4n) is 2.08. The highest BCUT2D eigenvalue weighted by Gasteiger charge is 2.20. The van der Waals surface area contributed by atoms with Gasteiger partial charge in [-0.2, -0.15) is 0 Å². The number of benzene rings is 1. The Morgan fingerprint density at radius 2 is 1.90 bits per heavy atom. The van der Waals surface area contributed by atoms with Gasteiger partial charge in [-0.3, -0.25) is 4.79 Å². The highest BCUT2D eigenvalue weighted by molar-refractivity contribution is 5.73. The first-order valence-corrected chi connectivity index (χ1v) is 7.69. The average molecular weight is 292 g/mol. The number of hydrogen-bond donors (Lipinski definition) is 0. The first kappa shape index (κ1) is 17.5. The number of hydrogen-bond acceptors (Lipinski definition) is 3. The van der Waals surface area contributed by atoms with Crippen molar-refractivity contribution < 1.29 is 14.3 Å². The summed E-state index contributed by atoms with van der Waals surface area (Å²) in [7, 11) is 0. The van der Waals surface area contributed by atoms with Crippen LogP contribution in [-0.2, 0) is 21.4 Å². The van der Waals surface area contributed by atoms with E-state index >= 15 is 0 Å². The highest BCUT2D eigenvalue weighted by Crippen LogP contribution is 2.32. The zero-order valence-electron chi connectivity index (χ0n) is 14.2. The second-order valence-electron chi connectivity index (χ2n) is 6.64. The lowest BCUT2D eigenvalue weighted by Crippen LogP contribution is -2.16. The zero-order chi connectivity index (χ0) is 16.0. The predicted octanol–water partition coefficient (Wildman–Crippen LogP) is 4.27. The monoisotopic (exact) mass is 292 g/mol. The molecule has 0 saturated heterocycles. The van der Waals surface area contributed by atoms with E-state index in [2.05, 4.69) is 33.8 Å². The summed E-state index contributed by atoms with van der Waals surface area (Å²) in [5.74, 6) is 0.720. The Bertz CT molecular complexity index is 470. The number of carbonyl (C=O) groups is 1. The minimum atomic E-state index is -0.188. The van der Waals surface area contributed by atoms with Gasteiger partial charge in [0.25, 0.3) is 0 Å². The van der Waals surface area contributed by atoms with Crippen molar-refractivity contribution in [2.75, 3.05) is 6.61 Å². The smallest absolute Gasteiger partial charge is 0.310 e. The molecule has 0 N–H and O–H groups in total. The van der Waals surface area contributed by atoms with Crippen molar-refractivity contribution in [2.45, 2.75) is 65.9 Å². The molecule has 0 unspecified atom stereocenters. The molecule has 0 aliphatic rings. The Hall–Kier alpha value is -1.51. The van der Waals surface area contributed by atoms with Crippen LogP contribution in [0.5, 0.6) is 5.75 Å². The summed E-state index contributed by atoms with van der Waals surface area (Å²) < 4.78 is 11.0. The van der Waals surface area contributed by atoms with E-state index in [0.717, 1.165) is 23.3 Å². The number of esters is 1. The second-order valence-corrected chi connectivity index (χ2v) is 6.64. The minimum absolute atomic E-state index is 0.0267. The Balaban J connectivity index is 2.96. The van der Waals surface area contributed by atoms with Gasteiger partial charge in [0.05, 0.1) is 19.1 Å². The predicted molar refractivity (Wildman–Crippen MR) is 85.9 cm³/mol. The summed E-state index contributed by atoms with van der Waals surface area (Å²) in [6.07, 6.45) is 1.20. The van der Waals surface area contributed by atoms with Crippen molar-refractivity contribution >= 4 is 5.97 Å². The third-order valence-electron chi connectivity index (χ3n) is 3.03. The summed E-state index contributed by atoms with van der Waals surface area (Å²) in [4.78, 5) is 11.8. The lowest BCUT2D eigenvalue weighted by molar-refractivity contribution is -0.146. The fourth-order valence-corrected chi connectivity index (χ4v) is 2.08. The Labute approximate surface area is 128 Å². The molecule has 0 aliphatic heterocycles. The first-order valence-electron chi connectivity index (χ1n) is 7.69. The molecule has 1 aromatic carbocycles. The lowest BCUT2D eigenvalue weighted by atomic mass is 9.85. The van der Waals surface area contributed by atoms with E-state index in [-0.39, 0.29) is 17.5 Å². The third-order valence-corrected chi connectivity index (χ3v) is 3.03. The van der Waals surface area contributed by atoms with E-state index in [0.29, 0.717) is 13.0 Å².